The van der Waals surface area contributed by atoms with Crippen molar-refractivity contribution in [3.63, 3.8) is 0 Å². The number of aromatic nitrogens is 1. The zero-order valence-electron chi connectivity index (χ0n) is 48.1. The number of rotatable bonds is 23. The molecule has 0 N–H and O–H groups in total. The Morgan fingerprint density at radius 2 is 1.19 bits per heavy atom. The zero-order valence-corrected chi connectivity index (χ0v) is 52.3. The third-order valence-corrected chi connectivity index (χ3v) is 18.2. The monoisotopic (exact) mass is 1110 g/mol. The average molecular weight is 1110 g/mol. The van der Waals surface area contributed by atoms with Gasteiger partial charge in [-0.1, -0.05) is 60.4 Å². The number of aryl methyl sites for hydroxylation is 1. The molecule has 16 nitrogen and oxygen atoms in total. The van der Waals surface area contributed by atoms with Gasteiger partial charge in [0.2, 0.25) is 0 Å². The lowest BCUT2D eigenvalue weighted by molar-refractivity contribution is -0.178. The molecule has 2 aromatic rings. The topological polar surface area (TPSA) is 167 Å². The molecule has 1 aliphatic heterocycles. The van der Waals surface area contributed by atoms with Crippen LogP contribution in [0.3, 0.4) is 0 Å². The van der Waals surface area contributed by atoms with Crippen LogP contribution in [0.4, 0.5) is 4.79 Å². The molecule has 0 radical (unpaired) electrons. The van der Waals surface area contributed by atoms with E-state index in [2.05, 4.69) is 153 Å². The third kappa shape index (κ3) is 32.5. The second-order valence-corrected chi connectivity index (χ2v) is 26.9. The Balaban J connectivity index is 0. The molecule has 2 amide bonds. The molecule has 1 saturated heterocycles. The first-order valence-electron chi connectivity index (χ1n) is 25.1. The van der Waals surface area contributed by atoms with Gasteiger partial charge in [0.15, 0.2) is 8.45 Å². The van der Waals surface area contributed by atoms with E-state index in [0.717, 1.165) is 23.6 Å². The second kappa shape index (κ2) is 38.5. The Bertz CT molecular complexity index is 1830. The standard InChI is InChI=1S/C13H31N2OP.C12H28NO2P.C10H14O3S.C8H11NO5.C8H11NS2/c1-10(2)14(9)17(16-13(7)8)15(11(3)4)12(5)6;1-8-9-14-16(15-12(6)7)13(10(2)3)11(4)5;1-8(2)13-14(11,12)10-6-4-9(3)5-7-10;1-5(2)13-8(12)14-9-6(10)3-4-7(9)11;1-7(2)10-11-8-5-3-4-6-9-8/h10-13H,1-9H3;10-12H,8-9H2,1-7H3;4-8H,1-3H3;5H,3-4H2,1-2H3;3-7H,1-2H3. The number of nitrogens with zero attached hydrogens (tertiary/aromatic N) is 5. The predicted molar refractivity (Wildman–Crippen MR) is 301 cm³/mol. The number of ether oxygens (including phenoxy) is 1. The molecule has 2 unspecified atom stereocenters. The van der Waals surface area contributed by atoms with Gasteiger partial charge in [0.05, 0.1) is 35.9 Å². The van der Waals surface area contributed by atoms with E-state index in [1.54, 1.807) is 62.8 Å². The maximum atomic E-state index is 11.5. The summed E-state index contributed by atoms with van der Waals surface area (Å²) < 4.78 is 57.6. The summed E-state index contributed by atoms with van der Waals surface area (Å²) >= 11 is 0. The predicted octanol–water partition coefficient (Wildman–Crippen LogP) is 14.2. The highest BCUT2D eigenvalue weighted by Crippen LogP contribution is 2.49. The van der Waals surface area contributed by atoms with Crippen molar-refractivity contribution < 1.29 is 50.1 Å². The number of imide groups is 1. The highest BCUT2D eigenvalue weighted by atomic mass is 33.1. The van der Waals surface area contributed by atoms with Crippen molar-refractivity contribution in [2.24, 2.45) is 0 Å². The van der Waals surface area contributed by atoms with E-state index >= 15 is 0 Å². The first kappa shape index (κ1) is 72.1. The molecule has 1 aromatic heterocycles. The summed E-state index contributed by atoms with van der Waals surface area (Å²) in [6.45, 7) is 46.3. The molecular weight excluding hydrogens is 1020 g/mol. The van der Waals surface area contributed by atoms with Crippen molar-refractivity contribution >= 4 is 66.7 Å². The third-order valence-electron chi connectivity index (χ3n) is 8.63. The fourth-order valence-corrected chi connectivity index (χ4v) is 12.3. The maximum absolute atomic E-state index is 11.5. The summed E-state index contributed by atoms with van der Waals surface area (Å²) in [5, 5.41) is 2.19. The number of carbonyl (C=O) groups is 3. The molecule has 0 saturated carbocycles. The van der Waals surface area contributed by atoms with Gasteiger partial charge in [-0.3, -0.25) is 18.6 Å². The normalized spacial score (nSPS) is 13.9. The van der Waals surface area contributed by atoms with Crippen LogP contribution in [0.15, 0.2) is 58.6 Å². The molecule has 1 aliphatic rings. The number of amides is 2. The Morgan fingerprint density at radius 3 is 1.57 bits per heavy atom. The molecule has 72 heavy (non-hydrogen) atoms. The lowest BCUT2D eigenvalue weighted by Crippen LogP contribution is -2.39. The number of benzene rings is 1. The first-order valence-corrected chi connectivity index (χ1v) is 31.0. The lowest BCUT2D eigenvalue weighted by atomic mass is 10.2. The average Bonchev–Trinajstić information content (AvgIpc) is 3.56. The number of hydrogen-bond donors (Lipinski definition) is 0. The molecule has 1 fully saturated rings. The van der Waals surface area contributed by atoms with Crippen LogP contribution >= 0.6 is 38.6 Å². The van der Waals surface area contributed by atoms with Crippen molar-refractivity contribution in [2.75, 3.05) is 13.7 Å². The van der Waals surface area contributed by atoms with E-state index in [1.165, 1.54) is 0 Å². The van der Waals surface area contributed by atoms with Crippen molar-refractivity contribution in [1.82, 2.24) is 24.1 Å². The fourth-order valence-electron chi connectivity index (χ4n) is 5.65. The molecule has 3 rings (SSSR count). The Kier molecular flexibility index (Phi) is 38.6. The Morgan fingerprint density at radius 1 is 0.694 bits per heavy atom. The van der Waals surface area contributed by atoms with Crippen molar-refractivity contribution in [2.45, 2.75) is 241 Å². The van der Waals surface area contributed by atoms with Gasteiger partial charge in [0.1, 0.15) is 5.03 Å². The second-order valence-electron chi connectivity index (χ2n) is 19.3. The van der Waals surface area contributed by atoms with E-state index in [1.807, 2.05) is 42.1 Å². The van der Waals surface area contributed by atoms with Crippen LogP contribution in [0.1, 0.15) is 170 Å². The van der Waals surface area contributed by atoms with Crippen LogP contribution in [-0.2, 0) is 47.0 Å². The molecule has 2 atom stereocenters. The van der Waals surface area contributed by atoms with Crippen molar-refractivity contribution in [3.05, 3.63) is 54.2 Å². The van der Waals surface area contributed by atoms with E-state index < -0.39 is 45.1 Å². The van der Waals surface area contributed by atoms with Crippen LogP contribution in [0.2, 0.25) is 0 Å². The first-order chi connectivity index (χ1) is 33.3. The van der Waals surface area contributed by atoms with Crippen LogP contribution in [-0.4, -0.2) is 124 Å². The van der Waals surface area contributed by atoms with Crippen molar-refractivity contribution in [1.29, 1.82) is 0 Å². The number of hydroxylamine groups is 2. The summed E-state index contributed by atoms with van der Waals surface area (Å²) in [5.41, 5.74) is 1.02. The quantitative estimate of drug-likeness (QED) is 0.0339. The molecule has 0 bridgehead atoms. The molecule has 2 heterocycles. The van der Waals surface area contributed by atoms with Crippen LogP contribution in [0, 0.1) is 6.92 Å². The van der Waals surface area contributed by atoms with Gasteiger partial charge in [-0.15, -0.1) is 0 Å². The minimum Gasteiger partial charge on any atom is -0.430 e. The van der Waals surface area contributed by atoms with E-state index in [0.29, 0.717) is 40.5 Å². The van der Waals surface area contributed by atoms with Gasteiger partial charge in [-0.25, -0.2) is 23.8 Å². The van der Waals surface area contributed by atoms with E-state index in [4.69, 9.17) is 17.8 Å². The molecule has 21 heteroatoms. The number of hydrogen-bond acceptors (Lipinski definition) is 17. The van der Waals surface area contributed by atoms with Crippen LogP contribution in [0.5, 0.6) is 0 Å². The minimum absolute atomic E-state index is 0.0772. The smallest absolute Gasteiger partial charge is 0.430 e. The SMILES string of the molecule is CC(C)OC(=O)ON1C(=O)CCC1=O.CC(C)OP(N(C)C(C)C)N(C(C)C)C(C)C.CC(C)SSc1ccccn1.CCCOP(OC(C)C)N(C(C)C)C(C)C.Cc1ccc(S(=O)(=O)OC(C)C)cc1. The molecular formula is C51H95N5O11P2S3. The maximum Gasteiger partial charge on any atom is 0.534 e. The fraction of sp³-hybridized carbons (Fsp3) is 0.725. The van der Waals surface area contributed by atoms with Gasteiger partial charge in [0, 0.05) is 54.5 Å². The highest BCUT2D eigenvalue weighted by molar-refractivity contribution is 8.76. The van der Waals surface area contributed by atoms with Gasteiger partial charge in [0.25, 0.3) is 30.5 Å². The zero-order chi connectivity index (χ0) is 56.1. The number of carbonyl (C=O) groups excluding carboxylic acids is 3. The van der Waals surface area contributed by atoms with Crippen molar-refractivity contribution in [3.8, 4) is 0 Å². The minimum atomic E-state index is -3.58. The van der Waals surface area contributed by atoms with E-state index in [9.17, 15) is 22.8 Å². The highest BCUT2D eigenvalue weighted by Gasteiger charge is 2.34. The van der Waals surface area contributed by atoms with E-state index in [-0.39, 0.29) is 42.2 Å². The lowest BCUT2D eigenvalue weighted by Gasteiger charge is -2.43. The summed E-state index contributed by atoms with van der Waals surface area (Å²) in [6.07, 6.45) is 1.76. The number of pyridine rings is 1. The Hall–Kier alpha value is -1.99. The summed E-state index contributed by atoms with van der Waals surface area (Å²) in [5.74, 6) is -1.04. The van der Waals surface area contributed by atoms with Gasteiger partial charge >= 0.3 is 6.16 Å². The van der Waals surface area contributed by atoms with Gasteiger partial charge < -0.3 is 18.3 Å². The van der Waals surface area contributed by atoms with Gasteiger partial charge in [-0.2, -0.15) is 8.42 Å². The van der Waals surface area contributed by atoms with Crippen LogP contribution < -0.4 is 0 Å². The molecule has 1 aromatic carbocycles. The Labute approximate surface area is 447 Å². The largest absolute Gasteiger partial charge is 0.534 e. The molecule has 418 valence electrons. The summed E-state index contributed by atoms with van der Waals surface area (Å²) in [4.78, 5) is 41.7. The van der Waals surface area contributed by atoms with Gasteiger partial charge in [-0.05, 0) is 180 Å². The molecule has 0 spiro atoms. The summed E-state index contributed by atoms with van der Waals surface area (Å²) in [6, 6.07) is 15.0. The summed E-state index contributed by atoms with van der Waals surface area (Å²) in [7, 11) is 0.568. The van der Waals surface area contributed by atoms with Crippen LogP contribution in [0.25, 0.3) is 0 Å². The molecule has 0 aliphatic carbocycles.